The van der Waals surface area contributed by atoms with Crippen LogP contribution in [0.2, 0.25) is 0 Å². The lowest BCUT2D eigenvalue weighted by Gasteiger charge is -2.08. The molecule has 2 rings (SSSR count). The molecule has 0 saturated carbocycles. The molecule has 2 heterocycles. The largest absolute Gasteiger partial charge is 0.306 e. The Morgan fingerprint density at radius 3 is 3.21 bits per heavy atom. The Morgan fingerprint density at radius 1 is 1.79 bits per heavy atom. The van der Waals surface area contributed by atoms with Crippen molar-refractivity contribution in [2.45, 2.75) is 12.8 Å². The lowest BCUT2D eigenvalue weighted by molar-refractivity contribution is 0.111. The van der Waals surface area contributed by atoms with Crippen molar-refractivity contribution in [1.29, 1.82) is 0 Å². The number of hydrogen-bond acceptors (Lipinski definition) is 3. The quantitative estimate of drug-likeness (QED) is 0.719. The van der Waals surface area contributed by atoms with Gasteiger partial charge in [-0.05, 0) is 38.4 Å². The zero-order chi connectivity index (χ0) is 9.97. The van der Waals surface area contributed by atoms with Crippen LogP contribution in [0.5, 0.6) is 0 Å². The van der Waals surface area contributed by atoms with E-state index >= 15 is 0 Å². The Morgan fingerprint density at radius 2 is 2.64 bits per heavy atom. The number of hydrogen-bond donors (Lipinski definition) is 1. The van der Waals surface area contributed by atoms with Crippen LogP contribution >= 0.6 is 0 Å². The van der Waals surface area contributed by atoms with E-state index in [0.29, 0.717) is 11.6 Å². The normalized spacial score (nSPS) is 22.8. The summed E-state index contributed by atoms with van der Waals surface area (Å²) in [5.74, 6) is 0.708. The number of aldehydes is 1. The van der Waals surface area contributed by atoms with E-state index in [1.807, 2.05) is 6.07 Å². The molecule has 4 heteroatoms. The van der Waals surface area contributed by atoms with Crippen molar-refractivity contribution in [1.82, 2.24) is 15.1 Å². The average Bonchev–Trinajstić information content (AvgIpc) is 2.76. The first-order valence-electron chi connectivity index (χ1n) is 4.96. The topological polar surface area (TPSA) is 49.0 Å². The van der Waals surface area contributed by atoms with Crippen molar-refractivity contribution in [3.8, 4) is 0 Å². The van der Waals surface area contributed by atoms with Crippen molar-refractivity contribution in [2.75, 3.05) is 20.1 Å². The van der Waals surface area contributed by atoms with Crippen LogP contribution in [0, 0.1) is 5.92 Å². The first kappa shape index (κ1) is 9.40. The maximum absolute atomic E-state index is 10.4. The van der Waals surface area contributed by atoms with Crippen LogP contribution in [0.4, 0.5) is 0 Å². The Balaban J connectivity index is 1.93. The average molecular weight is 193 g/mol. The molecule has 0 amide bonds. The molecule has 0 aromatic carbocycles. The summed E-state index contributed by atoms with van der Waals surface area (Å²) in [6, 6.07) is 1.84. The van der Waals surface area contributed by atoms with E-state index in [4.69, 9.17) is 0 Å². The van der Waals surface area contributed by atoms with Crippen molar-refractivity contribution in [3.05, 3.63) is 17.5 Å². The number of likely N-dealkylation sites (tertiary alicyclic amines) is 1. The number of nitrogens with one attached hydrogen (secondary N) is 1. The summed E-state index contributed by atoms with van der Waals surface area (Å²) in [6.07, 6.45) is 3.03. The van der Waals surface area contributed by atoms with Gasteiger partial charge < -0.3 is 4.90 Å². The number of nitrogens with zero attached hydrogens (tertiary/aromatic N) is 2. The summed E-state index contributed by atoms with van der Waals surface area (Å²) in [5.41, 5.74) is 1.58. The molecule has 0 aliphatic carbocycles. The van der Waals surface area contributed by atoms with E-state index < -0.39 is 0 Å². The highest BCUT2D eigenvalue weighted by Gasteiger charge is 2.20. The number of carbonyl (C=O) groups is 1. The van der Waals surface area contributed by atoms with Gasteiger partial charge >= 0.3 is 0 Å². The van der Waals surface area contributed by atoms with Gasteiger partial charge in [0.2, 0.25) is 0 Å². The van der Waals surface area contributed by atoms with E-state index in [-0.39, 0.29) is 0 Å². The van der Waals surface area contributed by atoms with Gasteiger partial charge in [0.25, 0.3) is 0 Å². The van der Waals surface area contributed by atoms with Crippen molar-refractivity contribution in [3.63, 3.8) is 0 Å². The third-order valence-corrected chi connectivity index (χ3v) is 2.77. The van der Waals surface area contributed by atoms with Crippen molar-refractivity contribution >= 4 is 6.29 Å². The lowest BCUT2D eigenvalue weighted by Crippen LogP contribution is -2.15. The van der Waals surface area contributed by atoms with Gasteiger partial charge in [-0.25, -0.2) is 0 Å². The minimum absolute atomic E-state index is 0.506. The molecule has 76 valence electrons. The molecule has 0 radical (unpaired) electrons. The first-order valence-corrected chi connectivity index (χ1v) is 4.96. The smallest absolute Gasteiger partial charge is 0.170 e. The van der Waals surface area contributed by atoms with Crippen LogP contribution in [0.3, 0.4) is 0 Å². The molecule has 1 unspecified atom stereocenters. The molecular formula is C10H15N3O. The molecule has 0 bridgehead atoms. The Hall–Kier alpha value is -1.16. The maximum atomic E-state index is 10.4. The second kappa shape index (κ2) is 3.92. The van der Waals surface area contributed by atoms with E-state index in [9.17, 15) is 4.79 Å². The number of carbonyl (C=O) groups excluding carboxylic acids is 1. The molecule has 1 N–H and O–H groups in total. The van der Waals surface area contributed by atoms with Gasteiger partial charge in [0, 0.05) is 12.2 Å². The first-order chi connectivity index (χ1) is 6.78. The zero-order valence-electron chi connectivity index (χ0n) is 8.36. The van der Waals surface area contributed by atoms with E-state index in [1.54, 1.807) is 0 Å². The predicted octanol–water partition coefficient (Wildman–Crippen LogP) is 0.716. The van der Waals surface area contributed by atoms with Crippen LogP contribution in [0.15, 0.2) is 6.07 Å². The minimum atomic E-state index is 0.506. The molecule has 0 spiro atoms. The molecular weight excluding hydrogens is 178 g/mol. The number of rotatable bonds is 3. The van der Waals surface area contributed by atoms with E-state index in [2.05, 4.69) is 22.1 Å². The number of aromatic amines is 1. The number of aromatic nitrogens is 2. The minimum Gasteiger partial charge on any atom is -0.306 e. The van der Waals surface area contributed by atoms with Gasteiger partial charge in [-0.2, -0.15) is 5.10 Å². The summed E-state index contributed by atoms with van der Waals surface area (Å²) in [6.45, 7) is 2.33. The molecule has 1 aromatic heterocycles. The van der Waals surface area contributed by atoms with Crippen LogP contribution in [-0.2, 0) is 6.42 Å². The fourth-order valence-electron chi connectivity index (χ4n) is 2.05. The van der Waals surface area contributed by atoms with Gasteiger partial charge in [0.1, 0.15) is 5.69 Å². The summed E-state index contributed by atoms with van der Waals surface area (Å²) < 4.78 is 0. The predicted molar refractivity (Wildman–Crippen MR) is 53.3 cm³/mol. The molecule has 14 heavy (non-hydrogen) atoms. The monoisotopic (exact) mass is 193 g/mol. The SMILES string of the molecule is CN1CCC(Cc2cc(C=O)n[nH]2)C1. The van der Waals surface area contributed by atoms with Crippen LogP contribution in [0.25, 0.3) is 0 Å². The summed E-state index contributed by atoms with van der Waals surface area (Å²) >= 11 is 0. The third kappa shape index (κ3) is 2.01. The Labute approximate surface area is 83.3 Å². The van der Waals surface area contributed by atoms with E-state index in [1.165, 1.54) is 13.0 Å². The lowest BCUT2D eigenvalue weighted by atomic mass is 10.0. The fraction of sp³-hybridized carbons (Fsp3) is 0.600. The van der Waals surface area contributed by atoms with Gasteiger partial charge in [0.05, 0.1) is 0 Å². The van der Waals surface area contributed by atoms with Crippen LogP contribution in [0.1, 0.15) is 22.6 Å². The van der Waals surface area contributed by atoms with Crippen molar-refractivity contribution < 1.29 is 4.79 Å². The van der Waals surface area contributed by atoms with Gasteiger partial charge in [-0.15, -0.1) is 0 Å². The molecule has 1 aliphatic rings. The molecule has 4 nitrogen and oxygen atoms in total. The molecule has 1 aromatic rings. The Kier molecular flexibility index (Phi) is 2.63. The molecule has 1 fully saturated rings. The highest BCUT2D eigenvalue weighted by Crippen LogP contribution is 2.18. The van der Waals surface area contributed by atoms with Gasteiger partial charge in [0.15, 0.2) is 6.29 Å². The summed E-state index contributed by atoms with van der Waals surface area (Å²) in [7, 11) is 2.14. The second-order valence-electron chi connectivity index (χ2n) is 4.06. The van der Waals surface area contributed by atoms with Gasteiger partial charge in [-0.3, -0.25) is 9.89 Å². The standard InChI is InChI=1S/C10H15N3O/c1-13-3-2-8(6-13)4-9-5-10(7-14)12-11-9/h5,7-8H,2-4,6H2,1H3,(H,11,12). The maximum Gasteiger partial charge on any atom is 0.170 e. The molecule has 1 aliphatic heterocycles. The summed E-state index contributed by atoms with van der Waals surface area (Å²) in [5, 5.41) is 6.79. The van der Waals surface area contributed by atoms with Crippen LogP contribution < -0.4 is 0 Å². The third-order valence-electron chi connectivity index (χ3n) is 2.77. The van der Waals surface area contributed by atoms with Crippen LogP contribution in [-0.4, -0.2) is 41.5 Å². The molecule has 1 atom stereocenters. The zero-order valence-corrected chi connectivity index (χ0v) is 8.36. The number of H-pyrrole nitrogens is 1. The summed E-state index contributed by atoms with van der Waals surface area (Å²) in [4.78, 5) is 12.8. The molecule has 1 saturated heterocycles. The van der Waals surface area contributed by atoms with Gasteiger partial charge in [-0.1, -0.05) is 0 Å². The Bertz CT molecular complexity index is 321. The van der Waals surface area contributed by atoms with Crippen molar-refractivity contribution in [2.24, 2.45) is 5.92 Å². The fourth-order valence-corrected chi connectivity index (χ4v) is 2.05. The second-order valence-corrected chi connectivity index (χ2v) is 4.06. The highest BCUT2D eigenvalue weighted by molar-refractivity contribution is 5.71. The highest BCUT2D eigenvalue weighted by atomic mass is 16.1. The van der Waals surface area contributed by atoms with E-state index in [0.717, 1.165) is 24.9 Å².